The van der Waals surface area contributed by atoms with Crippen LogP contribution in [0.2, 0.25) is 0 Å². The van der Waals surface area contributed by atoms with E-state index in [2.05, 4.69) is 0 Å². The lowest BCUT2D eigenvalue weighted by Crippen LogP contribution is -2.53. The first-order valence-electron chi connectivity index (χ1n) is 11.7. The fourth-order valence-corrected chi connectivity index (χ4v) is 3.23. The molecule has 0 saturated carbocycles. The monoisotopic (exact) mass is 492 g/mol. The van der Waals surface area contributed by atoms with Crippen LogP contribution in [-0.4, -0.2) is 102 Å². The highest BCUT2D eigenvalue weighted by molar-refractivity contribution is 5.75. The van der Waals surface area contributed by atoms with Crippen LogP contribution in [0.3, 0.4) is 0 Å². The van der Waals surface area contributed by atoms with E-state index in [9.17, 15) is 24.8 Å². The van der Waals surface area contributed by atoms with Crippen LogP contribution in [0.15, 0.2) is 0 Å². The molecule has 1 aliphatic rings. The maximum atomic E-state index is 12.1. The fourth-order valence-electron chi connectivity index (χ4n) is 3.23. The van der Waals surface area contributed by atoms with Gasteiger partial charge in [-0.1, -0.05) is 25.7 Å². The van der Waals surface area contributed by atoms with Gasteiger partial charge < -0.3 is 19.9 Å². The van der Waals surface area contributed by atoms with Gasteiger partial charge >= 0.3 is 0 Å². The second-order valence-electron chi connectivity index (χ2n) is 8.46. The van der Waals surface area contributed by atoms with Gasteiger partial charge in [0.1, 0.15) is 0 Å². The Balaban J connectivity index is 2.63. The number of hydroxylamine groups is 5. The minimum atomic E-state index is -1.14. The minimum absolute atomic E-state index is 0.00125. The Morgan fingerprint density at radius 3 is 1.88 bits per heavy atom. The second kappa shape index (κ2) is 17.5. The topological polar surface area (TPSA) is 184 Å². The highest BCUT2D eigenvalue weighted by Crippen LogP contribution is 2.09. The molecule has 0 radical (unpaired) electrons. The van der Waals surface area contributed by atoms with Crippen LogP contribution in [-0.2, 0) is 28.6 Å². The van der Waals surface area contributed by atoms with Crippen molar-refractivity contribution in [3.05, 3.63) is 0 Å². The molecule has 0 aromatic rings. The van der Waals surface area contributed by atoms with E-state index < -0.39 is 23.3 Å². The number of hydrogen-bond acceptors (Lipinski definition) is 10. The van der Waals surface area contributed by atoms with Crippen molar-refractivity contribution in [2.75, 3.05) is 52.7 Å². The minimum Gasteiger partial charge on any atom is -0.379 e. The Morgan fingerprint density at radius 1 is 0.941 bits per heavy atom. The van der Waals surface area contributed by atoms with Gasteiger partial charge in [-0.3, -0.25) is 30.0 Å². The molecule has 6 N–H and O–H groups in total. The maximum absolute atomic E-state index is 12.1. The summed E-state index contributed by atoms with van der Waals surface area (Å²) >= 11 is 0. The molecule has 0 aliphatic carbocycles. The third-order valence-electron chi connectivity index (χ3n) is 5.25. The average molecular weight is 493 g/mol. The van der Waals surface area contributed by atoms with Crippen molar-refractivity contribution < 1.29 is 44.2 Å². The third kappa shape index (κ3) is 13.7. The summed E-state index contributed by atoms with van der Waals surface area (Å²) in [5.41, 5.74) is 6.69. The molecule has 13 heteroatoms. The zero-order valence-electron chi connectivity index (χ0n) is 19.8. The van der Waals surface area contributed by atoms with Crippen molar-refractivity contribution in [3.63, 3.8) is 0 Å². The van der Waals surface area contributed by atoms with Gasteiger partial charge in [0.15, 0.2) is 0 Å². The van der Waals surface area contributed by atoms with E-state index in [4.69, 9.17) is 25.2 Å². The normalized spacial score (nSPS) is 21.1. The summed E-state index contributed by atoms with van der Waals surface area (Å²) in [6.07, 6.45) is 4.80. The van der Waals surface area contributed by atoms with E-state index in [-0.39, 0.29) is 72.0 Å². The molecule has 1 heterocycles. The molecule has 1 rings (SSSR count). The Bertz CT molecular complexity index is 573. The lowest BCUT2D eigenvalue weighted by molar-refractivity contribution is -0.167. The zero-order valence-corrected chi connectivity index (χ0v) is 19.8. The van der Waals surface area contributed by atoms with Gasteiger partial charge in [0.05, 0.1) is 64.4 Å². The molecule has 0 spiro atoms. The number of nitrogens with two attached hydrogens (primary N) is 1. The quantitative estimate of drug-likeness (QED) is 0.202. The first kappa shape index (κ1) is 30.2. The number of amides is 3. The molecule has 0 unspecified atom stereocenters. The van der Waals surface area contributed by atoms with Gasteiger partial charge in [0.2, 0.25) is 17.7 Å². The fraction of sp³-hybridized carbons (Fsp3) is 0.857. The van der Waals surface area contributed by atoms with Gasteiger partial charge in [0.25, 0.3) is 0 Å². The summed E-state index contributed by atoms with van der Waals surface area (Å²) in [6.45, 7) is 0.395. The number of nitrogens with zero attached hydrogens (tertiary/aromatic N) is 2. The van der Waals surface area contributed by atoms with Gasteiger partial charge in [-0.25, -0.2) is 15.6 Å². The number of carbonyl (C=O) groups is 3. The van der Waals surface area contributed by atoms with Crippen LogP contribution < -0.4 is 11.2 Å². The molecule has 1 fully saturated rings. The Morgan fingerprint density at radius 2 is 1.41 bits per heavy atom. The maximum Gasteiger partial charge on any atom is 0.248 e. The summed E-state index contributed by atoms with van der Waals surface area (Å²) < 4.78 is 16.5. The van der Waals surface area contributed by atoms with E-state index in [1.807, 2.05) is 0 Å². The van der Waals surface area contributed by atoms with Gasteiger partial charge in [-0.15, -0.1) is 0 Å². The SMILES string of the molecule is NC1(COCCC(=O)NO)COCCC(=O)N(O)CCCCCCCCN(O)C(=O)CCOC1. The number of rotatable bonds is 5. The number of carbonyl (C=O) groups excluding carboxylic acids is 3. The Hall–Kier alpha value is -1.87. The average Bonchev–Trinajstić information content (AvgIpc) is 2.82. The standard InChI is InChI=1S/C21H40N4O9/c22-21(15-32-12-7-18(26)23-29)16-33-13-8-19(27)24(30)10-5-3-1-2-4-6-11-25(31)20(28)9-14-34-17-21/h29-31H,1-17,22H2,(H,23,26). The predicted octanol–water partition coefficient (Wildman–Crippen LogP) is 0.199. The van der Waals surface area contributed by atoms with Crippen molar-refractivity contribution in [2.24, 2.45) is 5.73 Å². The summed E-state index contributed by atoms with van der Waals surface area (Å²) in [4.78, 5) is 35.2. The number of hydrogen-bond donors (Lipinski definition) is 5. The third-order valence-corrected chi connectivity index (χ3v) is 5.25. The first-order valence-corrected chi connectivity index (χ1v) is 11.7. The second-order valence-corrected chi connectivity index (χ2v) is 8.46. The molecule has 0 aromatic carbocycles. The summed E-state index contributed by atoms with van der Waals surface area (Å²) in [7, 11) is 0. The largest absolute Gasteiger partial charge is 0.379 e. The van der Waals surface area contributed by atoms with Gasteiger partial charge in [0, 0.05) is 13.1 Å². The van der Waals surface area contributed by atoms with Crippen LogP contribution in [0, 0.1) is 0 Å². The Labute approximate surface area is 200 Å². The van der Waals surface area contributed by atoms with Gasteiger partial charge in [-0.05, 0) is 12.8 Å². The summed E-state index contributed by atoms with van der Waals surface area (Å²) in [5, 5.41) is 29.7. The van der Waals surface area contributed by atoms with Crippen LogP contribution in [0.1, 0.15) is 57.8 Å². The highest BCUT2D eigenvalue weighted by atomic mass is 16.5. The van der Waals surface area contributed by atoms with Gasteiger partial charge in [-0.2, -0.15) is 0 Å². The Kier molecular flexibility index (Phi) is 15.6. The molecule has 198 valence electrons. The highest BCUT2D eigenvalue weighted by Gasteiger charge is 2.27. The molecule has 0 bridgehead atoms. The van der Waals surface area contributed by atoms with Crippen LogP contribution in [0.25, 0.3) is 0 Å². The zero-order chi connectivity index (χ0) is 25.2. The molecule has 1 aliphatic heterocycles. The molecule has 13 nitrogen and oxygen atoms in total. The van der Waals surface area contributed by atoms with E-state index in [0.717, 1.165) is 25.7 Å². The number of nitrogens with one attached hydrogen (secondary N) is 1. The molecule has 3 amide bonds. The van der Waals surface area contributed by atoms with Crippen molar-refractivity contribution in [1.29, 1.82) is 0 Å². The number of ether oxygens (including phenoxy) is 3. The van der Waals surface area contributed by atoms with E-state index in [1.165, 1.54) is 5.48 Å². The molecule has 1 saturated heterocycles. The van der Waals surface area contributed by atoms with Crippen molar-refractivity contribution in [1.82, 2.24) is 15.6 Å². The van der Waals surface area contributed by atoms with Crippen molar-refractivity contribution >= 4 is 17.7 Å². The molecule has 34 heavy (non-hydrogen) atoms. The predicted molar refractivity (Wildman–Crippen MR) is 118 cm³/mol. The summed E-state index contributed by atoms with van der Waals surface area (Å²) in [6, 6.07) is 0. The lowest BCUT2D eigenvalue weighted by Gasteiger charge is -2.29. The lowest BCUT2D eigenvalue weighted by atomic mass is 10.1. The van der Waals surface area contributed by atoms with Crippen molar-refractivity contribution in [2.45, 2.75) is 63.3 Å². The van der Waals surface area contributed by atoms with Crippen LogP contribution in [0.4, 0.5) is 0 Å². The molecule has 0 aromatic heterocycles. The van der Waals surface area contributed by atoms with E-state index >= 15 is 0 Å². The first-order chi connectivity index (χ1) is 16.3. The van der Waals surface area contributed by atoms with Crippen LogP contribution in [0.5, 0.6) is 0 Å². The van der Waals surface area contributed by atoms with Crippen molar-refractivity contribution in [3.8, 4) is 0 Å². The smallest absolute Gasteiger partial charge is 0.248 e. The molecular formula is C21H40N4O9. The molecular weight excluding hydrogens is 452 g/mol. The molecule has 0 atom stereocenters. The van der Waals surface area contributed by atoms with Crippen LogP contribution >= 0.6 is 0 Å². The van der Waals surface area contributed by atoms with E-state index in [1.54, 1.807) is 0 Å². The van der Waals surface area contributed by atoms with E-state index in [0.29, 0.717) is 23.0 Å². The summed E-state index contributed by atoms with van der Waals surface area (Å²) in [5.74, 6) is -1.50.